The average molecular weight is 432 g/mol. The van der Waals surface area contributed by atoms with Gasteiger partial charge in [0.2, 0.25) is 0 Å². The first-order valence-corrected chi connectivity index (χ1v) is 11.6. The van der Waals surface area contributed by atoms with Crippen LogP contribution in [0.5, 0.6) is 0 Å². The summed E-state index contributed by atoms with van der Waals surface area (Å²) < 4.78 is 13.3. The Kier molecular flexibility index (Phi) is 5.07. The molecule has 1 aromatic carbocycles. The number of benzene rings is 1. The van der Waals surface area contributed by atoms with E-state index in [4.69, 9.17) is 10.7 Å². The van der Waals surface area contributed by atoms with Crippen molar-refractivity contribution in [2.45, 2.75) is 18.8 Å². The van der Waals surface area contributed by atoms with E-state index in [0.29, 0.717) is 28.4 Å². The zero-order chi connectivity index (χ0) is 21.4. The molecule has 2 N–H and O–H groups in total. The molecule has 4 aromatic rings. The molecule has 4 heterocycles. The zero-order valence-electron chi connectivity index (χ0n) is 16.8. The van der Waals surface area contributed by atoms with Crippen LogP contribution in [-0.2, 0) is 10.8 Å². The number of rotatable bonds is 4. The van der Waals surface area contributed by atoms with Gasteiger partial charge in [-0.3, -0.25) is 14.0 Å². The summed E-state index contributed by atoms with van der Waals surface area (Å²) >= 11 is 0. The summed E-state index contributed by atoms with van der Waals surface area (Å²) in [7, 11) is -0.793. The molecule has 0 unspecified atom stereocenters. The van der Waals surface area contributed by atoms with Crippen molar-refractivity contribution in [2.75, 3.05) is 17.2 Å². The molecule has 0 aliphatic carbocycles. The fourth-order valence-corrected chi connectivity index (χ4v) is 5.38. The van der Waals surface area contributed by atoms with E-state index in [1.807, 2.05) is 42.5 Å². The number of aldehydes is 1. The Morgan fingerprint density at radius 1 is 1.03 bits per heavy atom. The third kappa shape index (κ3) is 3.53. The number of aromatic nitrogens is 4. The summed E-state index contributed by atoms with van der Waals surface area (Å²) in [5.41, 5.74) is 11.6. The Labute approximate surface area is 181 Å². The van der Waals surface area contributed by atoms with Gasteiger partial charge < -0.3 is 5.73 Å². The van der Waals surface area contributed by atoms with E-state index in [9.17, 15) is 9.00 Å². The largest absolute Gasteiger partial charge is 0.383 e. The maximum Gasteiger partial charge on any atom is 0.165 e. The van der Waals surface area contributed by atoms with Gasteiger partial charge in [0.25, 0.3) is 0 Å². The molecule has 156 valence electrons. The van der Waals surface area contributed by atoms with E-state index in [1.165, 1.54) is 4.52 Å². The molecule has 0 bridgehead atoms. The topological polar surface area (TPSA) is 103 Å². The van der Waals surface area contributed by atoms with Crippen LogP contribution >= 0.6 is 0 Å². The molecule has 31 heavy (non-hydrogen) atoms. The Bertz CT molecular complexity index is 1280. The van der Waals surface area contributed by atoms with E-state index >= 15 is 0 Å². The maximum absolute atomic E-state index is 11.8. The Balaban J connectivity index is 1.58. The van der Waals surface area contributed by atoms with Gasteiger partial charge >= 0.3 is 0 Å². The van der Waals surface area contributed by atoms with E-state index in [1.54, 1.807) is 12.4 Å². The van der Waals surface area contributed by atoms with Crippen LogP contribution in [0.4, 0.5) is 5.82 Å². The van der Waals surface area contributed by atoms with E-state index in [2.05, 4.69) is 10.1 Å². The van der Waals surface area contributed by atoms with Crippen LogP contribution < -0.4 is 5.73 Å². The number of carbonyl (C=O) groups is 1. The highest BCUT2D eigenvalue weighted by Gasteiger charge is 2.26. The molecule has 0 spiro atoms. The second-order valence-corrected chi connectivity index (χ2v) is 9.32. The molecule has 0 radical (unpaired) electrons. The minimum Gasteiger partial charge on any atom is -0.383 e. The molecule has 1 aliphatic rings. The van der Waals surface area contributed by atoms with Gasteiger partial charge in [-0.15, -0.1) is 0 Å². The summed E-state index contributed by atoms with van der Waals surface area (Å²) in [6.45, 7) is 0. The minimum absolute atomic E-state index is 0.0616. The van der Waals surface area contributed by atoms with Crippen LogP contribution in [0.1, 0.15) is 34.8 Å². The quantitative estimate of drug-likeness (QED) is 0.496. The first-order chi connectivity index (χ1) is 15.2. The van der Waals surface area contributed by atoms with Crippen molar-refractivity contribution >= 4 is 28.6 Å². The molecule has 1 fully saturated rings. The predicted molar refractivity (Wildman–Crippen MR) is 121 cm³/mol. The molecule has 0 atom stereocenters. The smallest absolute Gasteiger partial charge is 0.165 e. The van der Waals surface area contributed by atoms with Gasteiger partial charge in [0, 0.05) is 51.1 Å². The van der Waals surface area contributed by atoms with Crippen molar-refractivity contribution in [2.24, 2.45) is 0 Å². The van der Waals surface area contributed by atoms with Crippen molar-refractivity contribution in [3.8, 4) is 22.4 Å². The first kappa shape index (κ1) is 19.6. The molecule has 3 aromatic heterocycles. The van der Waals surface area contributed by atoms with Gasteiger partial charge in [-0.2, -0.15) is 9.61 Å². The summed E-state index contributed by atoms with van der Waals surface area (Å²) in [6, 6.07) is 13.9. The first-order valence-electron chi connectivity index (χ1n) is 10.1. The van der Waals surface area contributed by atoms with Crippen molar-refractivity contribution in [3.05, 3.63) is 66.1 Å². The minimum atomic E-state index is -0.793. The number of carbonyl (C=O) groups excluding carboxylic acids is 1. The SMILES string of the molecule is Nc1c(C=O)c(C2CCS(=O)CC2)nc2c(-c3ccc(-c4ccccc4)nc3)cnn12. The highest BCUT2D eigenvalue weighted by molar-refractivity contribution is 7.85. The monoisotopic (exact) mass is 431 g/mol. The fraction of sp³-hybridized carbons (Fsp3) is 0.217. The van der Waals surface area contributed by atoms with E-state index < -0.39 is 10.8 Å². The van der Waals surface area contributed by atoms with Crippen molar-refractivity contribution < 1.29 is 9.00 Å². The van der Waals surface area contributed by atoms with Crippen LogP contribution in [0.15, 0.2) is 54.9 Å². The summed E-state index contributed by atoms with van der Waals surface area (Å²) in [4.78, 5) is 21.3. The normalized spacial score (nSPS) is 18.8. The number of pyridine rings is 1. The van der Waals surface area contributed by atoms with Gasteiger partial charge in [0.15, 0.2) is 11.9 Å². The molecule has 1 aliphatic heterocycles. The van der Waals surface area contributed by atoms with Crippen LogP contribution in [0, 0.1) is 0 Å². The lowest BCUT2D eigenvalue weighted by Gasteiger charge is -2.22. The number of nitrogens with two attached hydrogens (primary N) is 1. The highest BCUT2D eigenvalue weighted by Crippen LogP contribution is 2.33. The molecule has 5 rings (SSSR count). The van der Waals surface area contributed by atoms with Gasteiger partial charge in [-0.1, -0.05) is 36.4 Å². The molecule has 1 saturated heterocycles. The summed E-state index contributed by atoms with van der Waals surface area (Å²) in [6.07, 6.45) is 5.71. The van der Waals surface area contributed by atoms with Crippen LogP contribution in [0.3, 0.4) is 0 Å². The predicted octanol–water partition coefficient (Wildman–Crippen LogP) is 3.48. The second kappa shape index (κ2) is 8.03. The lowest BCUT2D eigenvalue weighted by molar-refractivity contribution is 0.112. The van der Waals surface area contributed by atoms with Gasteiger partial charge in [-0.25, -0.2) is 4.98 Å². The van der Waals surface area contributed by atoms with Crippen molar-refractivity contribution in [3.63, 3.8) is 0 Å². The van der Waals surface area contributed by atoms with Crippen molar-refractivity contribution in [1.29, 1.82) is 0 Å². The lowest BCUT2D eigenvalue weighted by atomic mass is 9.95. The van der Waals surface area contributed by atoms with Gasteiger partial charge in [-0.05, 0) is 18.9 Å². The Morgan fingerprint density at radius 2 is 1.81 bits per heavy atom. The molecular formula is C23H21N5O2S. The lowest BCUT2D eigenvalue weighted by Crippen LogP contribution is -2.20. The van der Waals surface area contributed by atoms with Crippen LogP contribution in [0.2, 0.25) is 0 Å². The number of nitrogens with zero attached hydrogens (tertiary/aromatic N) is 4. The van der Waals surface area contributed by atoms with Gasteiger partial charge in [0.05, 0.1) is 23.1 Å². The molecule has 7 nitrogen and oxygen atoms in total. The standard InChI is InChI=1S/C23H21N5O2S/c24-22-19(14-29)21(16-8-10-31(30)11-9-16)27-23-18(13-26-28(22)23)17-6-7-20(25-12-17)15-4-2-1-3-5-15/h1-7,12-14,16H,8-11,24H2. The van der Waals surface area contributed by atoms with Crippen LogP contribution in [0.25, 0.3) is 28.0 Å². The van der Waals surface area contributed by atoms with E-state index in [0.717, 1.165) is 41.5 Å². The van der Waals surface area contributed by atoms with Crippen LogP contribution in [-0.4, -0.2) is 41.6 Å². The molecule has 0 saturated carbocycles. The highest BCUT2D eigenvalue weighted by atomic mass is 32.2. The Morgan fingerprint density at radius 3 is 2.48 bits per heavy atom. The number of anilines is 1. The third-order valence-corrected chi connectivity index (χ3v) is 7.17. The molecular weight excluding hydrogens is 410 g/mol. The fourth-order valence-electron chi connectivity index (χ4n) is 4.08. The third-order valence-electron chi connectivity index (χ3n) is 5.79. The second-order valence-electron chi connectivity index (χ2n) is 7.63. The molecule has 8 heteroatoms. The van der Waals surface area contributed by atoms with E-state index in [-0.39, 0.29) is 11.7 Å². The number of nitrogen functional groups attached to an aromatic ring is 1. The summed E-state index contributed by atoms with van der Waals surface area (Å²) in [5, 5.41) is 4.38. The number of fused-ring (bicyclic) bond motifs is 1. The maximum atomic E-state index is 11.8. The number of hydrogen-bond donors (Lipinski definition) is 1. The Hall–Kier alpha value is -3.39. The molecule has 0 amide bonds. The zero-order valence-corrected chi connectivity index (χ0v) is 17.6. The summed E-state index contributed by atoms with van der Waals surface area (Å²) in [5.74, 6) is 1.58. The average Bonchev–Trinajstić information content (AvgIpc) is 3.24. The van der Waals surface area contributed by atoms with Crippen molar-refractivity contribution in [1.82, 2.24) is 19.6 Å². The number of hydrogen-bond acceptors (Lipinski definition) is 6. The van der Waals surface area contributed by atoms with Gasteiger partial charge in [0.1, 0.15) is 5.82 Å².